The molecule has 0 aromatic rings. The summed E-state index contributed by atoms with van der Waals surface area (Å²) in [6.45, 7) is 11.9. The van der Waals surface area contributed by atoms with Gasteiger partial charge in [0.2, 0.25) is 0 Å². The molecule has 1 aliphatic heterocycles. The number of hydrogen-bond acceptors (Lipinski definition) is 4. The summed E-state index contributed by atoms with van der Waals surface area (Å²) in [6, 6.07) is 0. The van der Waals surface area contributed by atoms with Crippen LogP contribution in [0.5, 0.6) is 0 Å². The molecule has 1 aliphatic rings. The quantitative estimate of drug-likeness (QED) is 0.622. The zero-order valence-corrected chi connectivity index (χ0v) is 10.00. The summed E-state index contributed by atoms with van der Waals surface area (Å²) >= 11 is 0. The summed E-state index contributed by atoms with van der Waals surface area (Å²) in [5, 5.41) is 3.41. The summed E-state index contributed by atoms with van der Waals surface area (Å²) in [7, 11) is 0. The fraction of sp³-hybridized carbons (Fsp3) is 1.00. The van der Waals surface area contributed by atoms with E-state index in [2.05, 4.69) is 24.1 Å². The Hall–Kier alpha value is -0.160. The number of nitrogens with zero attached hydrogens (tertiary/aromatic N) is 1. The highest BCUT2D eigenvalue weighted by atomic mass is 16.6. The minimum Gasteiger partial charge on any atom is -0.376 e. The Kier molecular flexibility index (Phi) is 6.92. The topological polar surface area (TPSA) is 33.7 Å². The molecule has 1 N–H and O–H groups in total. The number of nitrogens with one attached hydrogen (secondary N) is 1. The van der Waals surface area contributed by atoms with Gasteiger partial charge in [0.15, 0.2) is 0 Å². The van der Waals surface area contributed by atoms with E-state index in [0.717, 1.165) is 52.5 Å². The summed E-state index contributed by atoms with van der Waals surface area (Å²) < 4.78 is 10.9. The monoisotopic (exact) mass is 216 g/mol. The fourth-order valence-electron chi connectivity index (χ4n) is 1.69. The predicted molar refractivity (Wildman–Crippen MR) is 61.2 cm³/mol. The zero-order valence-electron chi connectivity index (χ0n) is 10.00. The van der Waals surface area contributed by atoms with Crippen molar-refractivity contribution in [3.05, 3.63) is 0 Å². The molecule has 0 saturated carbocycles. The van der Waals surface area contributed by atoms with E-state index in [1.54, 1.807) is 0 Å². The Morgan fingerprint density at radius 2 is 2.07 bits per heavy atom. The van der Waals surface area contributed by atoms with Crippen LogP contribution in [0.15, 0.2) is 0 Å². The van der Waals surface area contributed by atoms with Gasteiger partial charge in [-0.15, -0.1) is 0 Å². The number of rotatable bonds is 7. The molecule has 0 spiro atoms. The van der Waals surface area contributed by atoms with Crippen molar-refractivity contribution in [1.82, 2.24) is 10.2 Å². The van der Waals surface area contributed by atoms with Crippen LogP contribution in [0.1, 0.15) is 13.8 Å². The van der Waals surface area contributed by atoms with Gasteiger partial charge in [-0.25, -0.2) is 0 Å². The maximum absolute atomic E-state index is 5.54. The van der Waals surface area contributed by atoms with E-state index in [0.29, 0.717) is 0 Å². The molecule has 1 heterocycles. The zero-order chi connectivity index (χ0) is 10.9. The van der Waals surface area contributed by atoms with E-state index < -0.39 is 0 Å². The van der Waals surface area contributed by atoms with E-state index >= 15 is 0 Å². The van der Waals surface area contributed by atoms with Gasteiger partial charge in [-0.05, 0) is 13.1 Å². The van der Waals surface area contributed by atoms with Crippen LogP contribution in [0.2, 0.25) is 0 Å². The molecule has 1 atom stereocenters. The van der Waals surface area contributed by atoms with E-state index in [-0.39, 0.29) is 6.10 Å². The molecule has 1 saturated heterocycles. The van der Waals surface area contributed by atoms with Crippen LogP contribution < -0.4 is 5.32 Å². The van der Waals surface area contributed by atoms with Crippen LogP contribution in [-0.4, -0.2) is 63.5 Å². The molecular formula is C11H24N2O2. The second kappa shape index (κ2) is 8.05. The summed E-state index contributed by atoms with van der Waals surface area (Å²) in [5.41, 5.74) is 0. The highest BCUT2D eigenvalue weighted by molar-refractivity contribution is 4.65. The van der Waals surface area contributed by atoms with Crippen LogP contribution in [0, 0.1) is 0 Å². The lowest BCUT2D eigenvalue weighted by Crippen LogP contribution is -2.40. The summed E-state index contributed by atoms with van der Waals surface area (Å²) in [5.74, 6) is 0. The lowest BCUT2D eigenvalue weighted by Gasteiger charge is -2.24. The molecule has 0 bridgehead atoms. The van der Waals surface area contributed by atoms with Crippen molar-refractivity contribution in [3.63, 3.8) is 0 Å². The van der Waals surface area contributed by atoms with E-state index in [1.165, 1.54) is 0 Å². The van der Waals surface area contributed by atoms with Gasteiger partial charge in [-0.3, -0.25) is 0 Å². The molecule has 4 heteroatoms. The minimum absolute atomic E-state index is 0.246. The third kappa shape index (κ3) is 5.47. The van der Waals surface area contributed by atoms with Crippen molar-refractivity contribution in [2.24, 2.45) is 0 Å². The maximum Gasteiger partial charge on any atom is 0.0933 e. The second-order valence-electron chi connectivity index (χ2n) is 3.80. The largest absolute Gasteiger partial charge is 0.376 e. The van der Waals surface area contributed by atoms with Gasteiger partial charge in [0.1, 0.15) is 0 Å². The standard InChI is InChI=1S/C11H24N2O2/c1-3-13(4-2)6-5-12-9-11-10-14-7-8-15-11/h11-12H,3-10H2,1-2H3. The average molecular weight is 216 g/mol. The summed E-state index contributed by atoms with van der Waals surface area (Å²) in [6.07, 6.45) is 0.246. The maximum atomic E-state index is 5.54. The predicted octanol–water partition coefficient (Wildman–Crippen LogP) is 0.333. The van der Waals surface area contributed by atoms with Gasteiger partial charge in [-0.1, -0.05) is 13.8 Å². The molecule has 1 rings (SSSR count). The lowest BCUT2D eigenvalue weighted by atomic mass is 10.3. The van der Waals surface area contributed by atoms with E-state index in [9.17, 15) is 0 Å². The van der Waals surface area contributed by atoms with Crippen LogP contribution >= 0.6 is 0 Å². The van der Waals surface area contributed by atoms with Crippen LogP contribution in [-0.2, 0) is 9.47 Å². The third-order valence-electron chi connectivity index (χ3n) is 2.76. The van der Waals surface area contributed by atoms with E-state index in [1.807, 2.05) is 0 Å². The number of hydrogen-bond donors (Lipinski definition) is 1. The van der Waals surface area contributed by atoms with Gasteiger partial charge < -0.3 is 19.7 Å². The van der Waals surface area contributed by atoms with Gasteiger partial charge in [0.25, 0.3) is 0 Å². The van der Waals surface area contributed by atoms with Crippen LogP contribution in [0.3, 0.4) is 0 Å². The molecule has 1 unspecified atom stereocenters. The van der Waals surface area contributed by atoms with Crippen molar-refractivity contribution in [2.75, 3.05) is 52.5 Å². The van der Waals surface area contributed by atoms with Gasteiger partial charge in [-0.2, -0.15) is 0 Å². The molecule has 15 heavy (non-hydrogen) atoms. The van der Waals surface area contributed by atoms with Crippen molar-refractivity contribution in [3.8, 4) is 0 Å². The Bertz CT molecular complexity index is 146. The molecule has 90 valence electrons. The first-order chi connectivity index (χ1) is 7.36. The summed E-state index contributed by atoms with van der Waals surface area (Å²) in [4.78, 5) is 2.41. The fourth-order valence-corrected chi connectivity index (χ4v) is 1.69. The Morgan fingerprint density at radius 1 is 1.27 bits per heavy atom. The Labute approximate surface area is 92.9 Å². The first kappa shape index (κ1) is 12.9. The van der Waals surface area contributed by atoms with Crippen LogP contribution in [0.25, 0.3) is 0 Å². The minimum atomic E-state index is 0.246. The molecule has 0 amide bonds. The van der Waals surface area contributed by atoms with Gasteiger partial charge in [0, 0.05) is 19.6 Å². The number of likely N-dealkylation sites (N-methyl/N-ethyl adjacent to an activating group) is 1. The van der Waals surface area contributed by atoms with Crippen molar-refractivity contribution in [2.45, 2.75) is 20.0 Å². The van der Waals surface area contributed by atoms with Crippen molar-refractivity contribution >= 4 is 0 Å². The van der Waals surface area contributed by atoms with Gasteiger partial charge in [0.05, 0.1) is 25.9 Å². The molecule has 4 nitrogen and oxygen atoms in total. The van der Waals surface area contributed by atoms with Crippen molar-refractivity contribution in [1.29, 1.82) is 0 Å². The molecule has 0 aromatic heterocycles. The SMILES string of the molecule is CCN(CC)CCNCC1COCCO1. The third-order valence-corrected chi connectivity index (χ3v) is 2.76. The highest BCUT2D eigenvalue weighted by Crippen LogP contribution is 1.98. The first-order valence-corrected chi connectivity index (χ1v) is 5.99. The van der Waals surface area contributed by atoms with Crippen LogP contribution in [0.4, 0.5) is 0 Å². The smallest absolute Gasteiger partial charge is 0.0933 e. The van der Waals surface area contributed by atoms with Gasteiger partial charge >= 0.3 is 0 Å². The Morgan fingerprint density at radius 3 is 2.67 bits per heavy atom. The first-order valence-electron chi connectivity index (χ1n) is 5.99. The second-order valence-corrected chi connectivity index (χ2v) is 3.80. The average Bonchev–Trinajstić information content (AvgIpc) is 2.31. The molecular weight excluding hydrogens is 192 g/mol. The molecule has 0 radical (unpaired) electrons. The lowest BCUT2D eigenvalue weighted by molar-refractivity contribution is -0.0863. The van der Waals surface area contributed by atoms with E-state index in [4.69, 9.17) is 9.47 Å². The number of ether oxygens (including phenoxy) is 2. The molecule has 0 aliphatic carbocycles. The normalized spacial score (nSPS) is 22.2. The van der Waals surface area contributed by atoms with Crippen molar-refractivity contribution < 1.29 is 9.47 Å². The molecule has 1 fully saturated rings. The molecule has 0 aromatic carbocycles. The highest BCUT2D eigenvalue weighted by Gasteiger charge is 2.13. The Balaban J connectivity index is 1.95.